The van der Waals surface area contributed by atoms with Crippen molar-refractivity contribution in [2.45, 2.75) is 168 Å². The summed E-state index contributed by atoms with van der Waals surface area (Å²) in [5.74, 6) is -9.27. The molecule has 0 spiro atoms. The van der Waals surface area contributed by atoms with E-state index in [1.807, 2.05) is 0 Å². The average Bonchev–Trinajstić information content (AvgIpc) is 3.25. The molecule has 11 atom stereocenters. The Morgan fingerprint density at radius 2 is 1.47 bits per heavy atom. The van der Waals surface area contributed by atoms with Crippen LogP contribution in [-0.4, -0.2) is 135 Å². The Labute approximate surface area is 387 Å². The molecule has 368 valence electrons. The zero-order chi connectivity index (χ0) is 49.7. The predicted molar refractivity (Wildman–Crippen MR) is 241 cm³/mol. The third-order valence-electron chi connectivity index (χ3n) is 12.4. The van der Waals surface area contributed by atoms with Crippen LogP contribution in [0.1, 0.15) is 113 Å². The molecule has 8 amide bonds. The van der Waals surface area contributed by atoms with Crippen LogP contribution >= 0.6 is 0 Å². The number of nitrogens with zero attached hydrogens (tertiary/aromatic N) is 2. The van der Waals surface area contributed by atoms with Crippen LogP contribution in [0.3, 0.4) is 0 Å². The minimum absolute atomic E-state index is 0.0226. The number of amides is 8. The quantitative estimate of drug-likeness (QED) is 0.112. The summed E-state index contributed by atoms with van der Waals surface area (Å²) < 4.78 is 5.91. The maximum atomic E-state index is 14.9. The van der Waals surface area contributed by atoms with Gasteiger partial charge in [0.15, 0.2) is 0 Å². The summed E-state index contributed by atoms with van der Waals surface area (Å²) in [7, 11) is 1.38. The first-order chi connectivity index (χ1) is 30.9. The van der Waals surface area contributed by atoms with E-state index < -0.39 is 126 Å². The van der Waals surface area contributed by atoms with E-state index in [9.17, 15) is 53.4 Å². The van der Waals surface area contributed by atoms with Crippen LogP contribution in [0.2, 0.25) is 0 Å². The van der Waals surface area contributed by atoms with Crippen molar-refractivity contribution in [3.8, 4) is 5.75 Å². The van der Waals surface area contributed by atoms with Gasteiger partial charge in [-0.05, 0) is 68.1 Å². The summed E-state index contributed by atoms with van der Waals surface area (Å²) in [5.41, 5.74) is 5.90. The van der Waals surface area contributed by atoms with E-state index >= 15 is 0 Å². The topological polar surface area (TPSA) is 296 Å². The van der Waals surface area contributed by atoms with Gasteiger partial charge in [0.1, 0.15) is 60.4 Å². The summed E-state index contributed by atoms with van der Waals surface area (Å²) in [6.07, 6.45) is -2.95. The fourth-order valence-electron chi connectivity index (χ4n) is 7.87. The summed E-state index contributed by atoms with van der Waals surface area (Å²) in [4.78, 5) is 128. The highest BCUT2D eigenvalue weighted by Crippen LogP contribution is 2.28. The van der Waals surface area contributed by atoms with Crippen LogP contribution in [-0.2, 0) is 54.3 Å². The third-order valence-corrected chi connectivity index (χ3v) is 12.4. The predicted octanol–water partition coefficient (Wildman–Crippen LogP) is 0.500. The number of hydrogen-bond acceptors (Lipinski definition) is 12. The van der Waals surface area contributed by atoms with Crippen LogP contribution in [0, 0.1) is 23.7 Å². The van der Waals surface area contributed by atoms with Gasteiger partial charge in [-0.15, -0.1) is 0 Å². The van der Waals surface area contributed by atoms with Crippen molar-refractivity contribution in [2.24, 2.45) is 29.4 Å². The average molecular weight is 929 g/mol. The minimum atomic E-state index is -1.74. The lowest BCUT2D eigenvalue weighted by atomic mass is 9.91. The highest BCUT2D eigenvalue weighted by atomic mass is 16.5. The number of phenols is 1. The highest BCUT2D eigenvalue weighted by molar-refractivity contribution is 5.98. The van der Waals surface area contributed by atoms with Gasteiger partial charge in [0.25, 0.3) is 0 Å². The number of phenolic OH excluding ortho intramolecular Hbond substituents is 1. The summed E-state index contributed by atoms with van der Waals surface area (Å²) in [6.45, 7) is 15.0. The number of aromatic hydroxyl groups is 1. The van der Waals surface area contributed by atoms with Gasteiger partial charge in [0, 0.05) is 25.8 Å². The number of carbonyl (C=O) groups is 9. The van der Waals surface area contributed by atoms with Gasteiger partial charge in [-0.2, -0.15) is 0 Å². The molecule has 20 heteroatoms. The number of nitrogens with one attached hydrogen (secondary N) is 5. The van der Waals surface area contributed by atoms with Crippen LogP contribution in [0.4, 0.5) is 0 Å². The molecule has 0 aliphatic carbocycles. The number of rotatable bonds is 15. The number of aliphatic hydroxyl groups is 1. The SMILES string of the molecule is CCC(C)[C@@H]1NC(=O)[C@H](Cc2ccc(O)cc2)N(C)C(=O)[C@H](C(C)CC)N2C(=O)[C@H](CC[C@H]2O)NC(=O)[C@H](CC(C)C)NC(=O)[C@@H](NC(=O)[C@H](CCC(N)=O)NC(=O)C(C)C)[C@@H](C)OC1=O. The van der Waals surface area contributed by atoms with Crippen LogP contribution in [0.5, 0.6) is 5.75 Å². The smallest absolute Gasteiger partial charge is 0.329 e. The number of fused-ring (bicyclic) bond motifs is 2. The van der Waals surface area contributed by atoms with E-state index in [2.05, 4.69) is 26.6 Å². The van der Waals surface area contributed by atoms with E-state index in [1.165, 1.54) is 26.1 Å². The van der Waals surface area contributed by atoms with E-state index in [4.69, 9.17) is 10.5 Å². The molecule has 0 radical (unpaired) electrons. The van der Waals surface area contributed by atoms with Gasteiger partial charge in [-0.25, -0.2) is 4.79 Å². The van der Waals surface area contributed by atoms with Gasteiger partial charge < -0.3 is 57.1 Å². The van der Waals surface area contributed by atoms with Crippen LogP contribution in [0.25, 0.3) is 0 Å². The number of aliphatic hydroxyl groups excluding tert-OH is 1. The van der Waals surface area contributed by atoms with Crippen molar-refractivity contribution in [1.82, 2.24) is 36.4 Å². The first kappa shape index (κ1) is 54.5. The van der Waals surface area contributed by atoms with Crippen LogP contribution in [0.15, 0.2) is 24.3 Å². The second-order valence-corrected chi connectivity index (χ2v) is 18.4. The molecule has 2 fully saturated rings. The lowest BCUT2D eigenvalue weighted by Crippen LogP contribution is -2.66. The van der Waals surface area contributed by atoms with Gasteiger partial charge >= 0.3 is 5.97 Å². The van der Waals surface area contributed by atoms with Gasteiger partial charge in [-0.3, -0.25) is 38.4 Å². The molecule has 2 aliphatic heterocycles. The van der Waals surface area contributed by atoms with Gasteiger partial charge in [0.05, 0.1) is 0 Å². The Hall–Kier alpha value is -5.79. The Balaban J connectivity index is 2.27. The number of esters is 1. The van der Waals surface area contributed by atoms with E-state index in [0.29, 0.717) is 18.4 Å². The minimum Gasteiger partial charge on any atom is -0.508 e. The molecule has 0 aromatic heterocycles. The fourth-order valence-corrected chi connectivity index (χ4v) is 7.87. The molecule has 66 heavy (non-hydrogen) atoms. The zero-order valence-electron chi connectivity index (χ0n) is 39.9. The Bertz CT molecular complexity index is 1910. The lowest BCUT2D eigenvalue weighted by molar-refractivity contribution is -0.168. The molecular formula is C46H72N8O12. The lowest BCUT2D eigenvalue weighted by Gasteiger charge is -2.44. The maximum Gasteiger partial charge on any atom is 0.329 e. The standard InChI is InChI=1S/C46H72N8O12/c1-11-25(7)36-46(65)66-27(9)37(52-40(59)30(17-19-34(47)56)48-39(58)24(5)6)43(62)50-32(21-23(3)4)41(60)49-31-18-20-35(57)54(44(31)63)38(26(8)12-2)45(64)53(10)33(42(61)51-36)22-28-13-15-29(55)16-14-28/h13-16,23-27,30-33,35-38,55,57H,11-12,17-22H2,1-10H3,(H2,47,56)(H,48,58)(H,49,60)(H,50,62)(H,51,61)(H,52,59)/t25?,26?,27-,30+,31+,32+,33+,35-,36+,37+,38+/m1/s1. The number of likely N-dealkylation sites (N-methyl/N-ethyl adjacent to an activating group) is 1. The molecule has 2 bridgehead atoms. The molecule has 1 aromatic rings. The number of primary amides is 1. The van der Waals surface area contributed by atoms with Crippen molar-refractivity contribution < 1.29 is 58.1 Å². The van der Waals surface area contributed by atoms with Crippen molar-refractivity contribution in [2.75, 3.05) is 7.05 Å². The van der Waals surface area contributed by atoms with Crippen molar-refractivity contribution in [1.29, 1.82) is 0 Å². The molecule has 20 nitrogen and oxygen atoms in total. The summed E-state index contributed by atoms with van der Waals surface area (Å²) in [6, 6.07) is -3.79. The number of nitrogens with two attached hydrogens (primary N) is 1. The summed E-state index contributed by atoms with van der Waals surface area (Å²) in [5, 5.41) is 34.7. The fraction of sp³-hybridized carbons (Fsp3) is 0.674. The Kier molecular flexibility index (Phi) is 20.4. The largest absolute Gasteiger partial charge is 0.508 e. The molecule has 9 N–H and O–H groups in total. The van der Waals surface area contributed by atoms with Gasteiger partial charge in [-0.1, -0.05) is 80.4 Å². The second-order valence-electron chi connectivity index (χ2n) is 18.4. The normalized spacial score (nSPS) is 26.4. The molecule has 2 saturated heterocycles. The van der Waals surface area contributed by atoms with E-state index in [0.717, 1.165) is 9.80 Å². The summed E-state index contributed by atoms with van der Waals surface area (Å²) >= 11 is 0. The Morgan fingerprint density at radius 3 is 2.03 bits per heavy atom. The number of ether oxygens (including phenoxy) is 1. The first-order valence-electron chi connectivity index (χ1n) is 23.0. The van der Waals surface area contributed by atoms with Crippen molar-refractivity contribution in [3.63, 3.8) is 0 Å². The second kappa shape index (κ2) is 24.7. The number of hydrogen-bond donors (Lipinski definition) is 8. The van der Waals surface area contributed by atoms with E-state index in [-0.39, 0.29) is 50.2 Å². The molecule has 2 heterocycles. The Morgan fingerprint density at radius 1 is 0.848 bits per heavy atom. The number of carbonyl (C=O) groups excluding carboxylic acids is 9. The molecule has 0 saturated carbocycles. The monoisotopic (exact) mass is 929 g/mol. The van der Waals surface area contributed by atoms with Gasteiger partial charge in [0.2, 0.25) is 47.3 Å². The van der Waals surface area contributed by atoms with Crippen LogP contribution < -0.4 is 32.3 Å². The number of benzene rings is 1. The third kappa shape index (κ3) is 14.6. The van der Waals surface area contributed by atoms with Crippen molar-refractivity contribution >= 4 is 53.2 Å². The molecule has 1 aromatic carbocycles. The molecule has 3 rings (SSSR count). The number of cyclic esters (lactones) is 1. The maximum absolute atomic E-state index is 14.9. The molecule has 2 aliphatic rings. The molecular weight excluding hydrogens is 857 g/mol. The first-order valence-corrected chi connectivity index (χ1v) is 23.0. The highest BCUT2D eigenvalue weighted by Gasteiger charge is 2.47. The zero-order valence-corrected chi connectivity index (χ0v) is 39.9. The van der Waals surface area contributed by atoms with Crippen molar-refractivity contribution in [3.05, 3.63) is 29.8 Å². The number of piperidine rings is 1. The van der Waals surface area contributed by atoms with E-state index in [1.54, 1.807) is 67.5 Å². The molecule has 2 unspecified atom stereocenters.